The van der Waals surface area contributed by atoms with Crippen LogP contribution in [-0.2, 0) is 0 Å². The van der Waals surface area contributed by atoms with E-state index in [1.165, 1.54) is 6.07 Å². The molecule has 1 aromatic rings. The summed E-state index contributed by atoms with van der Waals surface area (Å²) in [7, 11) is 2.10. The molecule has 0 aliphatic carbocycles. The van der Waals surface area contributed by atoms with E-state index in [9.17, 15) is 4.39 Å². The molecule has 0 atom stereocenters. The Morgan fingerprint density at radius 3 is 2.79 bits per heavy atom. The highest BCUT2D eigenvalue weighted by Gasteiger charge is 2.21. The highest BCUT2D eigenvalue weighted by molar-refractivity contribution is 5.13. The Hall–Kier alpha value is -0.960. The molecule has 0 saturated carbocycles. The van der Waals surface area contributed by atoms with Gasteiger partial charge in [-0.15, -0.1) is 0 Å². The molecule has 0 spiro atoms. The quantitative estimate of drug-likeness (QED) is 0.680. The van der Waals surface area contributed by atoms with Gasteiger partial charge in [0.2, 0.25) is 0 Å². The number of nitrogens with zero attached hydrogens (tertiary/aromatic N) is 2. The van der Waals surface area contributed by atoms with Crippen molar-refractivity contribution in [3.63, 3.8) is 0 Å². The van der Waals surface area contributed by atoms with Crippen molar-refractivity contribution >= 4 is 0 Å². The molecule has 0 unspecified atom stereocenters. The Morgan fingerprint density at radius 1 is 1.43 bits per heavy atom. The summed E-state index contributed by atoms with van der Waals surface area (Å²) in [6, 6.07) is 3.15. The second kappa shape index (κ2) is 4.05. The number of piperidine rings is 1. The molecule has 0 bridgehead atoms. The van der Waals surface area contributed by atoms with Gasteiger partial charge in [-0.2, -0.15) is 0 Å². The van der Waals surface area contributed by atoms with Gasteiger partial charge in [0.15, 0.2) is 0 Å². The van der Waals surface area contributed by atoms with Gasteiger partial charge in [0.1, 0.15) is 5.82 Å². The van der Waals surface area contributed by atoms with Crippen LogP contribution in [0.25, 0.3) is 0 Å². The third kappa shape index (κ3) is 1.93. The van der Waals surface area contributed by atoms with E-state index >= 15 is 0 Å². The van der Waals surface area contributed by atoms with Gasteiger partial charge in [-0.25, -0.2) is 4.39 Å². The molecule has 2 rings (SSSR count). The Balaban J connectivity index is 2.12. The zero-order valence-electron chi connectivity index (χ0n) is 8.41. The average Bonchev–Trinajstić information content (AvgIpc) is 2.20. The number of aromatic nitrogens is 1. The van der Waals surface area contributed by atoms with Gasteiger partial charge < -0.3 is 4.90 Å². The van der Waals surface area contributed by atoms with Crippen LogP contribution in [0.15, 0.2) is 18.3 Å². The molecule has 0 aromatic carbocycles. The maximum absolute atomic E-state index is 13.4. The highest BCUT2D eigenvalue weighted by Crippen LogP contribution is 2.27. The highest BCUT2D eigenvalue weighted by atomic mass is 19.1. The fourth-order valence-corrected chi connectivity index (χ4v) is 1.98. The molecule has 1 fully saturated rings. The zero-order valence-corrected chi connectivity index (χ0v) is 8.41. The van der Waals surface area contributed by atoms with E-state index < -0.39 is 0 Å². The maximum Gasteiger partial charge on any atom is 0.144 e. The molecule has 1 aliphatic rings. The van der Waals surface area contributed by atoms with Crippen LogP contribution in [0.2, 0.25) is 0 Å². The molecule has 0 N–H and O–H groups in total. The van der Waals surface area contributed by atoms with Crippen molar-refractivity contribution < 1.29 is 4.39 Å². The summed E-state index contributed by atoms with van der Waals surface area (Å²) >= 11 is 0. The van der Waals surface area contributed by atoms with Gasteiger partial charge in [0, 0.05) is 12.1 Å². The third-order valence-corrected chi connectivity index (χ3v) is 2.89. The number of pyridine rings is 1. The second-order valence-electron chi connectivity index (χ2n) is 3.95. The lowest BCUT2D eigenvalue weighted by atomic mass is 9.93. The van der Waals surface area contributed by atoms with E-state index in [4.69, 9.17) is 0 Å². The summed E-state index contributed by atoms with van der Waals surface area (Å²) in [6.45, 7) is 2.08. The average molecular weight is 194 g/mol. The summed E-state index contributed by atoms with van der Waals surface area (Å²) in [5.41, 5.74) is 0.653. The topological polar surface area (TPSA) is 16.1 Å². The molecule has 0 amide bonds. The minimum absolute atomic E-state index is 0.151. The van der Waals surface area contributed by atoms with Gasteiger partial charge in [0.05, 0.1) is 5.69 Å². The molecule has 1 aromatic heterocycles. The summed E-state index contributed by atoms with van der Waals surface area (Å²) in [6.07, 6.45) is 3.71. The zero-order chi connectivity index (χ0) is 9.97. The number of hydrogen-bond donors (Lipinski definition) is 0. The lowest BCUT2D eigenvalue weighted by Gasteiger charge is -2.28. The van der Waals surface area contributed by atoms with Crippen LogP contribution < -0.4 is 0 Å². The van der Waals surface area contributed by atoms with Crippen LogP contribution in [0.3, 0.4) is 0 Å². The molecule has 2 nitrogen and oxygen atoms in total. The molecular weight excluding hydrogens is 179 g/mol. The fraction of sp³-hybridized carbons (Fsp3) is 0.545. The van der Waals surface area contributed by atoms with Gasteiger partial charge in [-0.05, 0) is 45.1 Å². The molecule has 0 radical (unpaired) electrons. The van der Waals surface area contributed by atoms with E-state index in [1.807, 2.05) is 0 Å². The molecule has 1 saturated heterocycles. The van der Waals surface area contributed by atoms with Crippen LogP contribution in [0.1, 0.15) is 24.5 Å². The van der Waals surface area contributed by atoms with Crippen molar-refractivity contribution in [1.82, 2.24) is 9.88 Å². The Labute approximate surface area is 83.8 Å². The minimum atomic E-state index is -0.151. The van der Waals surface area contributed by atoms with E-state index in [-0.39, 0.29) is 5.82 Å². The maximum atomic E-state index is 13.4. The third-order valence-electron chi connectivity index (χ3n) is 2.89. The first kappa shape index (κ1) is 9.59. The lowest BCUT2D eigenvalue weighted by Crippen LogP contribution is -2.29. The van der Waals surface area contributed by atoms with Gasteiger partial charge in [-0.1, -0.05) is 0 Å². The summed E-state index contributed by atoms with van der Waals surface area (Å²) in [5.74, 6) is 0.162. The standard InChI is InChI=1S/C11H15FN2/c1-14-7-4-9(5-8-14)11-10(12)3-2-6-13-11/h2-3,6,9H,4-5,7-8H2,1H3. The van der Waals surface area contributed by atoms with Crippen LogP contribution in [0.4, 0.5) is 4.39 Å². The number of rotatable bonds is 1. The largest absolute Gasteiger partial charge is 0.306 e. The van der Waals surface area contributed by atoms with Crippen LogP contribution in [0.5, 0.6) is 0 Å². The normalized spacial score (nSPS) is 19.9. The summed E-state index contributed by atoms with van der Waals surface area (Å²) in [4.78, 5) is 6.41. The monoisotopic (exact) mass is 194 g/mol. The van der Waals surface area contributed by atoms with Crippen molar-refractivity contribution in [2.75, 3.05) is 20.1 Å². The van der Waals surface area contributed by atoms with Crippen molar-refractivity contribution in [1.29, 1.82) is 0 Å². The van der Waals surface area contributed by atoms with E-state index in [0.717, 1.165) is 25.9 Å². The SMILES string of the molecule is CN1CCC(c2ncccc2F)CC1. The van der Waals surface area contributed by atoms with E-state index in [2.05, 4.69) is 16.9 Å². The van der Waals surface area contributed by atoms with Crippen molar-refractivity contribution in [3.05, 3.63) is 29.8 Å². The smallest absolute Gasteiger partial charge is 0.144 e. The molecule has 1 aliphatic heterocycles. The summed E-state index contributed by atoms with van der Waals surface area (Å²) in [5, 5.41) is 0. The predicted molar refractivity (Wildman–Crippen MR) is 53.7 cm³/mol. The fourth-order valence-electron chi connectivity index (χ4n) is 1.98. The van der Waals surface area contributed by atoms with Crippen molar-refractivity contribution in [2.24, 2.45) is 0 Å². The Kier molecular flexibility index (Phi) is 2.77. The molecule has 14 heavy (non-hydrogen) atoms. The number of likely N-dealkylation sites (tertiary alicyclic amines) is 1. The second-order valence-corrected chi connectivity index (χ2v) is 3.95. The van der Waals surface area contributed by atoms with Crippen LogP contribution >= 0.6 is 0 Å². The van der Waals surface area contributed by atoms with Crippen molar-refractivity contribution in [2.45, 2.75) is 18.8 Å². The first-order chi connectivity index (χ1) is 6.77. The van der Waals surface area contributed by atoms with Gasteiger partial charge in [0.25, 0.3) is 0 Å². The van der Waals surface area contributed by atoms with E-state index in [0.29, 0.717) is 11.6 Å². The van der Waals surface area contributed by atoms with Crippen molar-refractivity contribution in [3.8, 4) is 0 Å². The molecular formula is C11H15FN2. The Morgan fingerprint density at radius 2 is 2.14 bits per heavy atom. The number of halogens is 1. The van der Waals surface area contributed by atoms with Gasteiger partial charge >= 0.3 is 0 Å². The minimum Gasteiger partial charge on any atom is -0.306 e. The van der Waals surface area contributed by atoms with Gasteiger partial charge in [-0.3, -0.25) is 4.98 Å². The first-order valence-electron chi connectivity index (χ1n) is 5.06. The van der Waals surface area contributed by atoms with E-state index in [1.54, 1.807) is 12.3 Å². The predicted octanol–water partition coefficient (Wildman–Crippen LogP) is 2.03. The molecule has 3 heteroatoms. The van der Waals surface area contributed by atoms with Crippen LogP contribution in [0, 0.1) is 5.82 Å². The molecule has 2 heterocycles. The first-order valence-corrected chi connectivity index (χ1v) is 5.06. The summed E-state index contributed by atoms with van der Waals surface area (Å²) < 4.78 is 13.4. The van der Waals surface area contributed by atoms with Crippen LogP contribution in [-0.4, -0.2) is 30.0 Å². The lowest BCUT2D eigenvalue weighted by molar-refractivity contribution is 0.250. The molecule has 76 valence electrons. The number of hydrogen-bond acceptors (Lipinski definition) is 2. The Bertz CT molecular complexity index is 306.